The fourth-order valence-electron chi connectivity index (χ4n) is 1.56. The summed E-state index contributed by atoms with van der Waals surface area (Å²) in [7, 11) is 0. The zero-order chi connectivity index (χ0) is 11.4. The first-order valence-electron chi connectivity index (χ1n) is 5.26. The van der Waals surface area contributed by atoms with Gasteiger partial charge in [-0.2, -0.15) is 11.8 Å². The third-order valence-corrected chi connectivity index (χ3v) is 4.43. The van der Waals surface area contributed by atoms with Gasteiger partial charge in [0.25, 0.3) is 0 Å². The molecule has 1 fully saturated rings. The second kappa shape index (κ2) is 5.70. The SMILES string of the molecule is CCC1CN(C(=O)C(C)C(N)=S)CCS1. The first kappa shape index (κ1) is 12.8. The highest BCUT2D eigenvalue weighted by atomic mass is 32.2. The topological polar surface area (TPSA) is 46.3 Å². The Morgan fingerprint density at radius 1 is 1.73 bits per heavy atom. The Balaban J connectivity index is 2.55. The van der Waals surface area contributed by atoms with E-state index in [4.69, 9.17) is 18.0 Å². The lowest BCUT2D eigenvalue weighted by atomic mass is 10.1. The Kier molecular flexibility index (Phi) is 4.86. The molecular formula is C10H18N2OS2. The number of thioether (sulfide) groups is 1. The summed E-state index contributed by atoms with van der Waals surface area (Å²) >= 11 is 6.79. The molecule has 1 amide bonds. The quantitative estimate of drug-likeness (QED) is 0.762. The lowest BCUT2D eigenvalue weighted by Gasteiger charge is -2.33. The van der Waals surface area contributed by atoms with E-state index in [2.05, 4.69) is 6.92 Å². The van der Waals surface area contributed by atoms with Crippen molar-refractivity contribution in [2.24, 2.45) is 11.7 Å². The van der Waals surface area contributed by atoms with E-state index >= 15 is 0 Å². The Hall–Kier alpha value is -0.290. The van der Waals surface area contributed by atoms with Crippen LogP contribution in [-0.4, -0.2) is 39.9 Å². The summed E-state index contributed by atoms with van der Waals surface area (Å²) in [5.41, 5.74) is 5.49. The number of carbonyl (C=O) groups excluding carboxylic acids is 1. The highest BCUT2D eigenvalue weighted by molar-refractivity contribution is 8.00. The van der Waals surface area contributed by atoms with Crippen LogP contribution in [0.1, 0.15) is 20.3 Å². The molecule has 2 unspecified atom stereocenters. The first-order chi connectivity index (χ1) is 7.06. The number of hydrogen-bond donors (Lipinski definition) is 1. The van der Waals surface area contributed by atoms with Crippen molar-refractivity contribution in [3.05, 3.63) is 0 Å². The van der Waals surface area contributed by atoms with Gasteiger partial charge in [0, 0.05) is 24.1 Å². The monoisotopic (exact) mass is 246 g/mol. The Morgan fingerprint density at radius 2 is 2.40 bits per heavy atom. The molecule has 86 valence electrons. The molecule has 0 aliphatic carbocycles. The van der Waals surface area contributed by atoms with E-state index in [-0.39, 0.29) is 11.8 Å². The second-order valence-corrected chi connectivity index (χ2v) is 5.69. The van der Waals surface area contributed by atoms with Gasteiger partial charge in [0.1, 0.15) is 0 Å². The van der Waals surface area contributed by atoms with Gasteiger partial charge in [-0.25, -0.2) is 0 Å². The molecule has 1 saturated heterocycles. The van der Waals surface area contributed by atoms with Crippen LogP contribution in [0.15, 0.2) is 0 Å². The average molecular weight is 246 g/mol. The number of amides is 1. The molecule has 0 radical (unpaired) electrons. The maximum Gasteiger partial charge on any atom is 0.232 e. The van der Waals surface area contributed by atoms with Crippen LogP contribution in [0, 0.1) is 5.92 Å². The molecule has 0 spiro atoms. The molecule has 0 aromatic rings. The molecule has 1 heterocycles. The molecule has 1 aliphatic heterocycles. The molecule has 0 bridgehead atoms. The van der Waals surface area contributed by atoms with E-state index in [0.717, 1.165) is 25.3 Å². The summed E-state index contributed by atoms with van der Waals surface area (Å²) in [6, 6.07) is 0. The van der Waals surface area contributed by atoms with Crippen molar-refractivity contribution in [3.8, 4) is 0 Å². The summed E-state index contributed by atoms with van der Waals surface area (Å²) in [4.78, 5) is 14.1. The number of rotatable bonds is 3. The normalized spacial score (nSPS) is 23.6. The van der Waals surface area contributed by atoms with Crippen molar-refractivity contribution in [1.29, 1.82) is 0 Å². The van der Waals surface area contributed by atoms with Gasteiger partial charge in [-0.3, -0.25) is 4.79 Å². The van der Waals surface area contributed by atoms with Gasteiger partial charge in [-0.1, -0.05) is 19.1 Å². The maximum absolute atomic E-state index is 12.0. The zero-order valence-corrected chi connectivity index (χ0v) is 10.9. The summed E-state index contributed by atoms with van der Waals surface area (Å²) in [5.74, 6) is 0.788. The molecule has 0 saturated carbocycles. The van der Waals surface area contributed by atoms with Gasteiger partial charge in [0.05, 0.1) is 10.9 Å². The summed E-state index contributed by atoms with van der Waals surface area (Å²) in [6.07, 6.45) is 1.11. The van der Waals surface area contributed by atoms with Crippen molar-refractivity contribution < 1.29 is 4.79 Å². The van der Waals surface area contributed by atoms with Crippen LogP contribution in [0.3, 0.4) is 0 Å². The van der Waals surface area contributed by atoms with E-state index in [1.165, 1.54) is 0 Å². The van der Waals surface area contributed by atoms with Crippen LogP contribution in [-0.2, 0) is 4.79 Å². The van der Waals surface area contributed by atoms with Crippen molar-refractivity contribution in [3.63, 3.8) is 0 Å². The van der Waals surface area contributed by atoms with Crippen LogP contribution in [0.5, 0.6) is 0 Å². The molecule has 0 aromatic carbocycles. The molecule has 1 aliphatic rings. The minimum atomic E-state index is -0.319. The molecular weight excluding hydrogens is 228 g/mol. The minimum Gasteiger partial charge on any atom is -0.393 e. The molecule has 2 N–H and O–H groups in total. The summed E-state index contributed by atoms with van der Waals surface area (Å²) in [5, 5.41) is 0.571. The standard InChI is InChI=1S/C10H18N2OS2/c1-3-8-6-12(4-5-15-8)10(13)7(2)9(11)14/h7-8H,3-6H2,1-2H3,(H2,11,14). The van der Waals surface area contributed by atoms with E-state index < -0.39 is 0 Å². The maximum atomic E-state index is 12.0. The lowest BCUT2D eigenvalue weighted by molar-refractivity contribution is -0.132. The minimum absolute atomic E-state index is 0.0845. The Morgan fingerprint density at radius 3 is 2.93 bits per heavy atom. The van der Waals surface area contributed by atoms with Gasteiger partial charge < -0.3 is 10.6 Å². The molecule has 15 heavy (non-hydrogen) atoms. The van der Waals surface area contributed by atoms with Crippen LogP contribution < -0.4 is 5.73 Å². The summed E-state index contributed by atoms with van der Waals surface area (Å²) < 4.78 is 0. The predicted octanol–water partition coefficient (Wildman–Crippen LogP) is 1.26. The average Bonchev–Trinajstić information content (AvgIpc) is 2.27. The largest absolute Gasteiger partial charge is 0.393 e. The number of carbonyl (C=O) groups is 1. The first-order valence-corrected chi connectivity index (χ1v) is 6.71. The van der Waals surface area contributed by atoms with Crippen LogP contribution in [0.25, 0.3) is 0 Å². The fraction of sp³-hybridized carbons (Fsp3) is 0.800. The van der Waals surface area contributed by atoms with E-state index in [0.29, 0.717) is 10.2 Å². The fourth-order valence-corrected chi connectivity index (χ4v) is 2.84. The molecule has 0 aromatic heterocycles. The van der Waals surface area contributed by atoms with Crippen LogP contribution >= 0.6 is 24.0 Å². The van der Waals surface area contributed by atoms with Gasteiger partial charge >= 0.3 is 0 Å². The van der Waals surface area contributed by atoms with Crippen molar-refractivity contribution in [2.45, 2.75) is 25.5 Å². The smallest absolute Gasteiger partial charge is 0.232 e. The number of nitrogens with zero attached hydrogens (tertiary/aromatic N) is 1. The van der Waals surface area contributed by atoms with Gasteiger partial charge in [-0.05, 0) is 13.3 Å². The highest BCUT2D eigenvalue weighted by Gasteiger charge is 2.27. The molecule has 2 atom stereocenters. The Labute approximate surface area is 101 Å². The Bertz CT molecular complexity index is 258. The predicted molar refractivity (Wildman–Crippen MR) is 69.1 cm³/mol. The van der Waals surface area contributed by atoms with E-state index in [1.54, 1.807) is 6.92 Å². The third-order valence-electron chi connectivity index (χ3n) is 2.70. The molecule has 3 nitrogen and oxygen atoms in total. The van der Waals surface area contributed by atoms with Crippen LogP contribution in [0.2, 0.25) is 0 Å². The third kappa shape index (κ3) is 3.34. The van der Waals surface area contributed by atoms with E-state index in [9.17, 15) is 4.79 Å². The van der Waals surface area contributed by atoms with Crippen molar-refractivity contribution in [2.75, 3.05) is 18.8 Å². The highest BCUT2D eigenvalue weighted by Crippen LogP contribution is 2.22. The van der Waals surface area contributed by atoms with Gasteiger partial charge in [-0.15, -0.1) is 0 Å². The number of hydrogen-bond acceptors (Lipinski definition) is 3. The second-order valence-electron chi connectivity index (χ2n) is 3.81. The zero-order valence-electron chi connectivity index (χ0n) is 9.23. The molecule has 5 heteroatoms. The van der Waals surface area contributed by atoms with Crippen molar-refractivity contribution in [1.82, 2.24) is 4.90 Å². The van der Waals surface area contributed by atoms with Gasteiger partial charge in [0.15, 0.2) is 0 Å². The number of thiocarbonyl (C=S) groups is 1. The summed E-state index contributed by atoms with van der Waals surface area (Å²) in [6.45, 7) is 5.61. The van der Waals surface area contributed by atoms with E-state index in [1.807, 2.05) is 16.7 Å². The lowest BCUT2D eigenvalue weighted by Crippen LogP contribution is -2.46. The van der Waals surface area contributed by atoms with Crippen LogP contribution in [0.4, 0.5) is 0 Å². The molecule has 1 rings (SSSR count). The number of nitrogens with two attached hydrogens (primary N) is 1. The van der Waals surface area contributed by atoms with Gasteiger partial charge in [0.2, 0.25) is 5.91 Å². The van der Waals surface area contributed by atoms with Crippen molar-refractivity contribution >= 4 is 34.9 Å².